The lowest BCUT2D eigenvalue weighted by Gasteiger charge is -2.02. The summed E-state index contributed by atoms with van der Waals surface area (Å²) in [6.45, 7) is 4.19. The molecule has 0 amide bonds. The summed E-state index contributed by atoms with van der Waals surface area (Å²) >= 11 is 0. The van der Waals surface area contributed by atoms with Crippen LogP contribution in [0.2, 0.25) is 0 Å². The molecule has 0 aliphatic carbocycles. The maximum absolute atomic E-state index is 9.23. The van der Waals surface area contributed by atoms with Crippen LogP contribution in [0.3, 0.4) is 0 Å². The van der Waals surface area contributed by atoms with Crippen molar-refractivity contribution in [2.75, 3.05) is 7.11 Å². The maximum atomic E-state index is 9.23. The second kappa shape index (κ2) is 8.83. The van der Waals surface area contributed by atoms with E-state index >= 15 is 0 Å². The molecule has 2 nitrogen and oxygen atoms in total. The van der Waals surface area contributed by atoms with Crippen LogP contribution in [0.1, 0.15) is 45.1 Å². The van der Waals surface area contributed by atoms with E-state index in [4.69, 9.17) is 4.74 Å². The SMILES string of the molecule is CCC/C(C#N)=C(/C#Cc1ccc(OC)cc1)CCC. The monoisotopic (exact) mass is 267 g/mol. The number of hydrogen-bond donors (Lipinski definition) is 0. The summed E-state index contributed by atoms with van der Waals surface area (Å²) in [7, 11) is 1.65. The van der Waals surface area contributed by atoms with Crippen molar-refractivity contribution in [1.82, 2.24) is 0 Å². The lowest BCUT2D eigenvalue weighted by molar-refractivity contribution is 0.415. The molecule has 0 aliphatic rings. The second-order valence-corrected chi connectivity index (χ2v) is 4.55. The third-order valence-electron chi connectivity index (χ3n) is 2.95. The third kappa shape index (κ3) is 4.82. The van der Waals surface area contributed by atoms with E-state index in [1.54, 1.807) is 7.11 Å². The van der Waals surface area contributed by atoms with Crippen LogP contribution in [0.4, 0.5) is 0 Å². The summed E-state index contributed by atoms with van der Waals surface area (Å²) in [6.07, 6.45) is 3.65. The van der Waals surface area contributed by atoms with Gasteiger partial charge in [-0.2, -0.15) is 5.26 Å². The van der Waals surface area contributed by atoms with Gasteiger partial charge in [-0.15, -0.1) is 0 Å². The number of methoxy groups -OCH3 is 1. The first-order valence-corrected chi connectivity index (χ1v) is 7.03. The van der Waals surface area contributed by atoms with Crippen molar-refractivity contribution >= 4 is 0 Å². The zero-order valence-electron chi connectivity index (χ0n) is 12.5. The van der Waals surface area contributed by atoms with Crippen molar-refractivity contribution in [3.63, 3.8) is 0 Å². The Bertz CT molecular complexity index is 550. The van der Waals surface area contributed by atoms with E-state index in [9.17, 15) is 5.26 Å². The van der Waals surface area contributed by atoms with Crippen molar-refractivity contribution in [2.24, 2.45) is 0 Å². The molecule has 1 aromatic carbocycles. The predicted molar refractivity (Wildman–Crippen MR) is 82.3 cm³/mol. The van der Waals surface area contributed by atoms with E-state index in [0.29, 0.717) is 0 Å². The Balaban J connectivity index is 3.01. The first-order valence-electron chi connectivity index (χ1n) is 7.03. The quantitative estimate of drug-likeness (QED) is 0.582. The van der Waals surface area contributed by atoms with Crippen LogP contribution in [-0.4, -0.2) is 7.11 Å². The molecule has 20 heavy (non-hydrogen) atoms. The minimum absolute atomic E-state index is 0.809. The van der Waals surface area contributed by atoms with Gasteiger partial charge in [-0.1, -0.05) is 38.5 Å². The first-order chi connectivity index (χ1) is 9.74. The van der Waals surface area contributed by atoms with Crippen LogP contribution in [-0.2, 0) is 0 Å². The molecule has 0 bridgehead atoms. The molecular weight excluding hydrogens is 246 g/mol. The normalized spacial score (nSPS) is 10.9. The summed E-state index contributed by atoms with van der Waals surface area (Å²) in [5.74, 6) is 7.14. The predicted octanol–water partition coefficient (Wildman–Crippen LogP) is 4.47. The molecule has 0 aromatic heterocycles. The van der Waals surface area contributed by atoms with Crippen LogP contribution in [0.5, 0.6) is 5.75 Å². The molecule has 0 unspecified atom stereocenters. The molecular formula is C18H21NO. The highest BCUT2D eigenvalue weighted by atomic mass is 16.5. The number of allylic oxidation sites excluding steroid dienone is 2. The lowest BCUT2D eigenvalue weighted by atomic mass is 10.0. The maximum Gasteiger partial charge on any atom is 0.118 e. The molecule has 2 heteroatoms. The van der Waals surface area contributed by atoms with Crippen LogP contribution in [0.15, 0.2) is 35.4 Å². The lowest BCUT2D eigenvalue weighted by Crippen LogP contribution is -1.89. The highest BCUT2D eigenvalue weighted by Crippen LogP contribution is 2.16. The molecule has 0 heterocycles. The van der Waals surface area contributed by atoms with E-state index in [2.05, 4.69) is 31.8 Å². The van der Waals surface area contributed by atoms with E-state index < -0.39 is 0 Å². The molecule has 1 aromatic rings. The molecule has 1 rings (SSSR count). The van der Waals surface area contributed by atoms with Crippen molar-refractivity contribution in [1.29, 1.82) is 5.26 Å². The number of ether oxygens (including phenoxy) is 1. The zero-order chi connectivity index (χ0) is 14.8. The number of hydrogen-bond acceptors (Lipinski definition) is 2. The Labute approximate surface area is 122 Å². The number of benzene rings is 1. The van der Waals surface area contributed by atoms with Crippen LogP contribution >= 0.6 is 0 Å². The van der Waals surface area contributed by atoms with Crippen molar-refractivity contribution in [2.45, 2.75) is 39.5 Å². The average Bonchev–Trinajstić information content (AvgIpc) is 2.50. The van der Waals surface area contributed by atoms with Crippen LogP contribution < -0.4 is 4.74 Å². The van der Waals surface area contributed by atoms with Gasteiger partial charge in [0.2, 0.25) is 0 Å². The van der Waals surface area contributed by atoms with Gasteiger partial charge in [-0.3, -0.25) is 0 Å². The fraction of sp³-hybridized carbons (Fsp3) is 0.389. The van der Waals surface area contributed by atoms with Crippen LogP contribution in [0, 0.1) is 23.2 Å². The molecule has 0 N–H and O–H groups in total. The molecule has 0 spiro atoms. The second-order valence-electron chi connectivity index (χ2n) is 4.55. The van der Waals surface area contributed by atoms with E-state index in [1.165, 1.54) is 0 Å². The zero-order valence-corrected chi connectivity index (χ0v) is 12.5. The Morgan fingerprint density at radius 1 is 1.05 bits per heavy atom. The molecule has 0 radical (unpaired) electrons. The number of nitriles is 1. The molecule has 0 atom stereocenters. The fourth-order valence-electron chi connectivity index (χ4n) is 1.89. The minimum atomic E-state index is 0.809. The molecule has 0 saturated heterocycles. The van der Waals surface area contributed by atoms with Gasteiger partial charge in [-0.25, -0.2) is 0 Å². The average molecular weight is 267 g/mol. The van der Waals surface area contributed by atoms with Gasteiger partial charge in [0.05, 0.1) is 13.2 Å². The highest BCUT2D eigenvalue weighted by molar-refractivity contribution is 5.46. The summed E-state index contributed by atoms with van der Waals surface area (Å²) in [5.41, 5.74) is 2.75. The Kier molecular flexibility index (Phi) is 7.01. The Morgan fingerprint density at radius 3 is 2.15 bits per heavy atom. The smallest absolute Gasteiger partial charge is 0.118 e. The van der Waals surface area contributed by atoms with Gasteiger partial charge in [0, 0.05) is 16.7 Å². The number of rotatable bonds is 5. The van der Waals surface area contributed by atoms with Crippen molar-refractivity contribution in [3.05, 3.63) is 41.0 Å². The summed E-state index contributed by atoms with van der Waals surface area (Å²) in [5, 5.41) is 9.23. The van der Waals surface area contributed by atoms with E-state index in [1.807, 2.05) is 24.3 Å². The standard InChI is InChI=1S/C18H21NO/c1-4-6-16(17(14-19)7-5-2)11-8-15-9-12-18(20-3)13-10-15/h9-10,12-13H,4-7H2,1-3H3/b17-16-. The van der Waals surface area contributed by atoms with Crippen LogP contribution in [0.25, 0.3) is 0 Å². The van der Waals surface area contributed by atoms with Gasteiger partial charge < -0.3 is 4.74 Å². The van der Waals surface area contributed by atoms with Crippen molar-refractivity contribution in [3.8, 4) is 23.7 Å². The minimum Gasteiger partial charge on any atom is -0.497 e. The van der Waals surface area contributed by atoms with Gasteiger partial charge in [0.15, 0.2) is 0 Å². The largest absolute Gasteiger partial charge is 0.497 e. The topological polar surface area (TPSA) is 33.0 Å². The molecule has 0 fully saturated rings. The van der Waals surface area contributed by atoms with E-state index in [0.717, 1.165) is 48.1 Å². The molecule has 0 saturated carbocycles. The highest BCUT2D eigenvalue weighted by Gasteiger charge is 2.02. The summed E-state index contributed by atoms with van der Waals surface area (Å²) in [4.78, 5) is 0. The van der Waals surface area contributed by atoms with E-state index in [-0.39, 0.29) is 0 Å². The first kappa shape index (κ1) is 15.9. The fourth-order valence-corrected chi connectivity index (χ4v) is 1.89. The van der Waals surface area contributed by atoms with Gasteiger partial charge in [0.25, 0.3) is 0 Å². The molecule has 0 aliphatic heterocycles. The summed E-state index contributed by atoms with van der Waals surface area (Å²) < 4.78 is 5.12. The Hall–Kier alpha value is -2.19. The molecule has 104 valence electrons. The summed E-state index contributed by atoms with van der Waals surface area (Å²) in [6, 6.07) is 9.95. The van der Waals surface area contributed by atoms with Crippen molar-refractivity contribution < 1.29 is 4.74 Å². The third-order valence-corrected chi connectivity index (χ3v) is 2.95. The van der Waals surface area contributed by atoms with Gasteiger partial charge in [0.1, 0.15) is 5.75 Å². The van der Waals surface area contributed by atoms with Gasteiger partial charge >= 0.3 is 0 Å². The van der Waals surface area contributed by atoms with Gasteiger partial charge in [-0.05, 0) is 37.1 Å². The number of nitrogens with zero attached hydrogens (tertiary/aromatic N) is 1. The Morgan fingerprint density at radius 2 is 1.65 bits per heavy atom.